The zero-order chi connectivity index (χ0) is 15.3. The molecule has 1 aliphatic carbocycles. The summed E-state index contributed by atoms with van der Waals surface area (Å²) in [5.41, 5.74) is -1.46. The third kappa shape index (κ3) is 3.39. The number of hydrogen-bond acceptors (Lipinski definition) is 3. The average molecular weight is 296 g/mol. The third-order valence-corrected chi connectivity index (χ3v) is 5.17. The van der Waals surface area contributed by atoms with Crippen molar-refractivity contribution in [3.63, 3.8) is 0 Å². The van der Waals surface area contributed by atoms with Gasteiger partial charge in [-0.2, -0.15) is 0 Å². The molecule has 2 aliphatic rings. The first-order valence-corrected chi connectivity index (χ1v) is 8.31. The van der Waals surface area contributed by atoms with Crippen molar-refractivity contribution in [2.75, 3.05) is 13.1 Å². The lowest BCUT2D eigenvalue weighted by molar-refractivity contribution is -0.150. The molecule has 5 nitrogen and oxygen atoms in total. The number of carbonyl (C=O) groups excluding carboxylic acids is 1. The predicted molar refractivity (Wildman–Crippen MR) is 81.0 cm³/mol. The highest BCUT2D eigenvalue weighted by atomic mass is 16.4. The first kappa shape index (κ1) is 16.3. The highest BCUT2D eigenvalue weighted by Gasteiger charge is 2.46. The normalized spacial score (nSPS) is 28.8. The molecule has 1 saturated heterocycles. The van der Waals surface area contributed by atoms with E-state index in [0.29, 0.717) is 19.4 Å². The Morgan fingerprint density at radius 1 is 1.14 bits per heavy atom. The van der Waals surface area contributed by atoms with E-state index in [9.17, 15) is 14.7 Å². The summed E-state index contributed by atoms with van der Waals surface area (Å²) in [4.78, 5) is 24.6. The molecule has 0 spiro atoms. The van der Waals surface area contributed by atoms with Gasteiger partial charge in [0.25, 0.3) is 0 Å². The van der Waals surface area contributed by atoms with Crippen molar-refractivity contribution < 1.29 is 14.7 Å². The molecule has 0 aromatic heterocycles. The van der Waals surface area contributed by atoms with Crippen LogP contribution < -0.4 is 10.6 Å². The van der Waals surface area contributed by atoms with Crippen LogP contribution in [0.15, 0.2) is 0 Å². The van der Waals surface area contributed by atoms with Gasteiger partial charge < -0.3 is 15.7 Å². The van der Waals surface area contributed by atoms with Gasteiger partial charge in [-0.15, -0.1) is 0 Å². The van der Waals surface area contributed by atoms with Crippen LogP contribution in [0.4, 0.5) is 0 Å². The Hall–Kier alpha value is -1.10. The van der Waals surface area contributed by atoms with Gasteiger partial charge in [-0.1, -0.05) is 39.0 Å². The number of aliphatic carboxylic acids is 1. The van der Waals surface area contributed by atoms with E-state index < -0.39 is 16.9 Å². The molecule has 0 aromatic carbocycles. The van der Waals surface area contributed by atoms with Gasteiger partial charge >= 0.3 is 5.97 Å². The first-order valence-electron chi connectivity index (χ1n) is 8.31. The molecule has 120 valence electrons. The topological polar surface area (TPSA) is 78.4 Å². The molecule has 0 aromatic rings. The number of carboxylic acid groups (broad SMARTS) is 1. The lowest BCUT2D eigenvalue weighted by Gasteiger charge is -2.35. The van der Waals surface area contributed by atoms with Crippen LogP contribution in [-0.4, -0.2) is 35.6 Å². The monoisotopic (exact) mass is 296 g/mol. The summed E-state index contributed by atoms with van der Waals surface area (Å²) in [6.45, 7) is 3.59. The minimum Gasteiger partial charge on any atom is -0.480 e. The molecule has 2 rings (SSSR count). The Kier molecular flexibility index (Phi) is 5.25. The highest BCUT2D eigenvalue weighted by Crippen LogP contribution is 2.34. The summed E-state index contributed by atoms with van der Waals surface area (Å²) in [7, 11) is 0. The fourth-order valence-corrected chi connectivity index (χ4v) is 3.82. The molecule has 0 radical (unpaired) electrons. The van der Waals surface area contributed by atoms with E-state index in [1.165, 1.54) is 0 Å². The van der Waals surface area contributed by atoms with E-state index >= 15 is 0 Å². The number of carbonyl (C=O) groups is 2. The summed E-state index contributed by atoms with van der Waals surface area (Å²) in [6, 6.07) is 0. The van der Waals surface area contributed by atoms with Crippen molar-refractivity contribution in [3.8, 4) is 0 Å². The summed E-state index contributed by atoms with van der Waals surface area (Å²) in [5, 5.41) is 15.9. The van der Waals surface area contributed by atoms with Crippen LogP contribution in [0.2, 0.25) is 0 Å². The van der Waals surface area contributed by atoms with Crippen molar-refractivity contribution in [1.29, 1.82) is 0 Å². The van der Waals surface area contributed by atoms with Crippen LogP contribution >= 0.6 is 0 Å². The SMILES string of the molecule is CCCC1(C(=O)NC2(C(=O)O)CCCCCC2)CCNC1. The van der Waals surface area contributed by atoms with E-state index in [-0.39, 0.29) is 5.91 Å². The second-order valence-corrected chi connectivity index (χ2v) is 6.71. The van der Waals surface area contributed by atoms with Gasteiger partial charge in [0.15, 0.2) is 0 Å². The van der Waals surface area contributed by atoms with Gasteiger partial charge in [0.1, 0.15) is 5.54 Å². The molecule has 1 amide bonds. The Morgan fingerprint density at radius 3 is 2.29 bits per heavy atom. The number of amides is 1. The van der Waals surface area contributed by atoms with E-state index in [0.717, 1.165) is 51.5 Å². The van der Waals surface area contributed by atoms with Crippen molar-refractivity contribution in [3.05, 3.63) is 0 Å². The summed E-state index contributed by atoms with van der Waals surface area (Å²) < 4.78 is 0. The van der Waals surface area contributed by atoms with Crippen LogP contribution in [-0.2, 0) is 9.59 Å². The van der Waals surface area contributed by atoms with Crippen LogP contribution in [0.25, 0.3) is 0 Å². The van der Waals surface area contributed by atoms with Crippen LogP contribution in [0.1, 0.15) is 64.7 Å². The maximum Gasteiger partial charge on any atom is 0.329 e. The minimum atomic E-state index is -1.04. The van der Waals surface area contributed by atoms with Gasteiger partial charge in [-0.25, -0.2) is 4.79 Å². The van der Waals surface area contributed by atoms with Gasteiger partial charge in [-0.3, -0.25) is 4.79 Å². The largest absolute Gasteiger partial charge is 0.480 e. The van der Waals surface area contributed by atoms with Gasteiger partial charge in [-0.05, 0) is 32.2 Å². The van der Waals surface area contributed by atoms with Gasteiger partial charge in [0, 0.05) is 6.54 Å². The third-order valence-electron chi connectivity index (χ3n) is 5.17. The molecule has 3 N–H and O–H groups in total. The van der Waals surface area contributed by atoms with E-state index in [2.05, 4.69) is 17.6 Å². The van der Waals surface area contributed by atoms with Crippen molar-refractivity contribution in [2.24, 2.45) is 5.41 Å². The molecule has 21 heavy (non-hydrogen) atoms. The first-order chi connectivity index (χ1) is 10.0. The lowest BCUT2D eigenvalue weighted by atomic mass is 9.79. The molecular weight excluding hydrogens is 268 g/mol. The molecule has 1 unspecified atom stereocenters. The van der Waals surface area contributed by atoms with Crippen molar-refractivity contribution in [1.82, 2.24) is 10.6 Å². The van der Waals surface area contributed by atoms with Gasteiger partial charge in [0.05, 0.1) is 5.41 Å². The predicted octanol–water partition coefficient (Wildman–Crippen LogP) is 2.06. The Morgan fingerprint density at radius 2 is 1.81 bits per heavy atom. The lowest BCUT2D eigenvalue weighted by Crippen LogP contribution is -2.58. The summed E-state index contributed by atoms with van der Waals surface area (Å²) in [5.74, 6) is -0.922. The fraction of sp³-hybridized carbons (Fsp3) is 0.875. The van der Waals surface area contributed by atoms with E-state index in [1.54, 1.807) is 0 Å². The van der Waals surface area contributed by atoms with Gasteiger partial charge in [0.2, 0.25) is 5.91 Å². The highest BCUT2D eigenvalue weighted by molar-refractivity contribution is 5.90. The fourth-order valence-electron chi connectivity index (χ4n) is 3.82. The van der Waals surface area contributed by atoms with Crippen molar-refractivity contribution >= 4 is 11.9 Å². The van der Waals surface area contributed by atoms with Crippen molar-refractivity contribution in [2.45, 2.75) is 70.3 Å². The van der Waals surface area contributed by atoms with Crippen LogP contribution in [0.3, 0.4) is 0 Å². The Balaban J connectivity index is 2.15. The number of nitrogens with one attached hydrogen (secondary N) is 2. The molecule has 1 heterocycles. The quantitative estimate of drug-likeness (QED) is 0.679. The zero-order valence-corrected chi connectivity index (χ0v) is 13.0. The zero-order valence-electron chi connectivity index (χ0n) is 13.0. The molecule has 2 fully saturated rings. The second-order valence-electron chi connectivity index (χ2n) is 6.71. The summed E-state index contributed by atoms with van der Waals surface area (Å²) in [6.07, 6.45) is 7.57. The molecule has 1 atom stereocenters. The average Bonchev–Trinajstić information content (AvgIpc) is 2.79. The Bertz CT molecular complexity index is 381. The maximum absolute atomic E-state index is 12.8. The molecule has 1 aliphatic heterocycles. The molecule has 5 heteroatoms. The second kappa shape index (κ2) is 6.77. The maximum atomic E-state index is 12.8. The smallest absolute Gasteiger partial charge is 0.329 e. The number of rotatable bonds is 5. The minimum absolute atomic E-state index is 0.0568. The van der Waals surface area contributed by atoms with E-state index in [1.807, 2.05) is 0 Å². The number of hydrogen-bond donors (Lipinski definition) is 3. The standard InChI is InChI=1S/C16H28N2O3/c1-2-7-15(10-11-17-12-15)13(19)18-16(14(20)21)8-5-3-4-6-9-16/h17H,2-12H2,1H3,(H,18,19)(H,20,21). The van der Waals surface area contributed by atoms with Crippen LogP contribution in [0, 0.1) is 5.41 Å². The van der Waals surface area contributed by atoms with Crippen LogP contribution in [0.5, 0.6) is 0 Å². The Labute approximate surface area is 126 Å². The van der Waals surface area contributed by atoms with E-state index in [4.69, 9.17) is 0 Å². The molecule has 0 bridgehead atoms. The molecular formula is C16H28N2O3. The number of carboxylic acids is 1. The summed E-state index contributed by atoms with van der Waals surface area (Å²) >= 11 is 0. The molecule has 1 saturated carbocycles.